The van der Waals surface area contributed by atoms with Crippen molar-refractivity contribution in [3.8, 4) is 0 Å². The summed E-state index contributed by atoms with van der Waals surface area (Å²) < 4.78 is 34.6. The molecule has 1 aromatic rings. The van der Waals surface area contributed by atoms with Crippen molar-refractivity contribution in [1.29, 1.82) is 0 Å². The van der Waals surface area contributed by atoms with E-state index < -0.39 is 21.9 Å². The minimum absolute atomic E-state index is 0.106. The van der Waals surface area contributed by atoms with Crippen LogP contribution in [0.2, 0.25) is 0 Å². The van der Waals surface area contributed by atoms with Crippen LogP contribution >= 0.6 is 0 Å². The van der Waals surface area contributed by atoms with Crippen molar-refractivity contribution in [3.05, 3.63) is 52.0 Å². The van der Waals surface area contributed by atoms with E-state index >= 15 is 0 Å². The number of unbranched alkanes of at least 4 members (excludes halogenated alkanes) is 2. The van der Waals surface area contributed by atoms with Gasteiger partial charge in [-0.3, -0.25) is 4.98 Å². The second-order valence-electron chi connectivity index (χ2n) is 7.40. The molecule has 29 heavy (non-hydrogen) atoms. The zero-order valence-electron chi connectivity index (χ0n) is 17.8. The second-order valence-corrected chi connectivity index (χ2v) is 9.13. The summed E-state index contributed by atoms with van der Waals surface area (Å²) in [7, 11) is -3.84. The summed E-state index contributed by atoms with van der Waals surface area (Å²) in [4.78, 5) is 17.4. The van der Waals surface area contributed by atoms with Crippen LogP contribution in [0.25, 0.3) is 0 Å². The molecule has 0 saturated carbocycles. The van der Waals surface area contributed by atoms with E-state index in [1.54, 1.807) is 52.1 Å². The highest BCUT2D eigenvalue weighted by Gasteiger charge is 2.40. The van der Waals surface area contributed by atoms with Gasteiger partial charge in [0, 0.05) is 24.1 Å². The summed E-state index contributed by atoms with van der Waals surface area (Å²) >= 11 is 0. The van der Waals surface area contributed by atoms with Crippen LogP contribution in [0.4, 0.5) is 0 Å². The molecule has 0 bridgehead atoms. The molecule has 8 heteroatoms. The molecule has 1 aromatic heterocycles. The Bertz CT molecular complexity index is 890. The van der Waals surface area contributed by atoms with E-state index in [1.807, 2.05) is 0 Å². The van der Waals surface area contributed by atoms with E-state index in [2.05, 4.69) is 21.9 Å². The number of rotatable bonds is 9. The number of sulfonamides is 1. The molecule has 0 aromatic carbocycles. The summed E-state index contributed by atoms with van der Waals surface area (Å²) in [6.07, 6.45) is 3.95. The van der Waals surface area contributed by atoms with E-state index in [9.17, 15) is 13.2 Å². The maximum absolute atomic E-state index is 13.2. The van der Waals surface area contributed by atoms with Gasteiger partial charge in [0.2, 0.25) is 10.0 Å². The lowest BCUT2D eigenvalue weighted by molar-refractivity contribution is -0.143. The minimum Gasteiger partial charge on any atom is -0.460 e. The number of ether oxygens (including phenoxy) is 1. The Hall–Kier alpha value is -2.19. The van der Waals surface area contributed by atoms with Gasteiger partial charge in [-0.1, -0.05) is 25.8 Å². The van der Waals surface area contributed by atoms with Gasteiger partial charge >= 0.3 is 5.97 Å². The topological polar surface area (TPSA) is 97.4 Å². The second kappa shape index (κ2) is 10.0. The molecule has 0 radical (unpaired) electrons. The Morgan fingerprint density at radius 1 is 1.24 bits per heavy atom. The highest BCUT2D eigenvalue weighted by molar-refractivity contribution is 7.93. The van der Waals surface area contributed by atoms with Gasteiger partial charge in [0.05, 0.1) is 28.2 Å². The van der Waals surface area contributed by atoms with Crippen molar-refractivity contribution in [3.63, 3.8) is 0 Å². The highest BCUT2D eigenvalue weighted by atomic mass is 32.2. The monoisotopic (exact) mass is 421 g/mol. The number of carbonyl (C=O) groups is 1. The molecular formula is C21H31N3O4S. The maximum Gasteiger partial charge on any atom is 0.337 e. The van der Waals surface area contributed by atoms with E-state index in [-0.39, 0.29) is 16.6 Å². The Kier molecular flexibility index (Phi) is 7.98. The summed E-state index contributed by atoms with van der Waals surface area (Å²) in [5.74, 6) is -1.39. The van der Waals surface area contributed by atoms with Crippen molar-refractivity contribution in [2.45, 2.75) is 65.9 Å². The van der Waals surface area contributed by atoms with Crippen LogP contribution in [0.3, 0.4) is 0 Å². The van der Waals surface area contributed by atoms with Crippen molar-refractivity contribution in [2.75, 3.05) is 6.54 Å². The maximum atomic E-state index is 13.2. The largest absolute Gasteiger partial charge is 0.460 e. The Labute approximate surface area is 173 Å². The average molecular weight is 422 g/mol. The van der Waals surface area contributed by atoms with E-state index in [0.29, 0.717) is 23.6 Å². The molecule has 160 valence electrons. The van der Waals surface area contributed by atoms with Crippen LogP contribution in [0.15, 0.2) is 46.3 Å². The molecule has 2 N–H and O–H groups in total. The molecule has 1 aliphatic rings. The van der Waals surface area contributed by atoms with Crippen LogP contribution in [0.5, 0.6) is 0 Å². The van der Waals surface area contributed by atoms with Gasteiger partial charge in [0.1, 0.15) is 0 Å². The SMILES string of the molecule is CCCCCNS(=O)(=O)C1=C(C)NC(C)=C(C(=O)OC(C)C)C1c1ccccn1. The highest BCUT2D eigenvalue weighted by Crippen LogP contribution is 2.40. The lowest BCUT2D eigenvalue weighted by Gasteiger charge is -2.31. The van der Waals surface area contributed by atoms with Gasteiger partial charge in [-0.2, -0.15) is 0 Å². The molecule has 0 saturated heterocycles. The Morgan fingerprint density at radius 3 is 2.55 bits per heavy atom. The van der Waals surface area contributed by atoms with Gasteiger partial charge in [-0.05, 0) is 46.2 Å². The number of hydrogen-bond acceptors (Lipinski definition) is 6. The standard InChI is InChI=1S/C21H31N3O4S/c1-6-7-9-13-23-29(26,27)20-16(5)24-15(4)18(21(25)28-14(2)3)19(20)17-11-8-10-12-22-17/h8,10-12,14,19,23-24H,6-7,9,13H2,1-5H3. The minimum atomic E-state index is -3.84. The number of allylic oxidation sites excluding steroid dienone is 3. The molecule has 2 heterocycles. The van der Waals surface area contributed by atoms with E-state index in [4.69, 9.17) is 4.74 Å². The van der Waals surface area contributed by atoms with Crippen molar-refractivity contribution < 1.29 is 17.9 Å². The predicted octanol–water partition coefficient (Wildman–Crippen LogP) is 3.34. The number of dihydropyridines is 1. The van der Waals surface area contributed by atoms with Crippen molar-refractivity contribution in [2.24, 2.45) is 0 Å². The molecule has 7 nitrogen and oxygen atoms in total. The van der Waals surface area contributed by atoms with E-state index in [1.165, 1.54) is 0 Å². The molecule has 0 fully saturated rings. The Balaban J connectivity index is 2.53. The first-order chi connectivity index (χ1) is 13.7. The summed E-state index contributed by atoms with van der Waals surface area (Å²) in [6, 6.07) is 5.26. The number of pyridine rings is 1. The third kappa shape index (κ3) is 5.67. The number of carbonyl (C=O) groups excluding carboxylic acids is 1. The van der Waals surface area contributed by atoms with Gasteiger partial charge in [0.25, 0.3) is 0 Å². The fourth-order valence-corrected chi connectivity index (χ4v) is 4.94. The molecular weight excluding hydrogens is 390 g/mol. The number of nitrogens with one attached hydrogen (secondary N) is 2. The first kappa shape index (κ1) is 23.1. The van der Waals surface area contributed by atoms with Crippen LogP contribution in [-0.2, 0) is 19.6 Å². The van der Waals surface area contributed by atoms with Crippen molar-refractivity contribution >= 4 is 16.0 Å². The van der Waals surface area contributed by atoms with E-state index in [0.717, 1.165) is 19.3 Å². The van der Waals surface area contributed by atoms with Gasteiger partial charge in [-0.15, -0.1) is 0 Å². The lowest BCUT2D eigenvalue weighted by atomic mass is 9.89. The number of hydrogen-bond donors (Lipinski definition) is 2. The van der Waals surface area contributed by atoms with Gasteiger partial charge in [-0.25, -0.2) is 17.9 Å². The first-order valence-electron chi connectivity index (χ1n) is 9.99. The number of aromatic nitrogens is 1. The molecule has 0 amide bonds. The molecule has 0 spiro atoms. The number of nitrogens with zero attached hydrogens (tertiary/aromatic N) is 1. The third-order valence-corrected chi connectivity index (χ3v) is 6.31. The average Bonchev–Trinajstić information content (AvgIpc) is 2.64. The van der Waals surface area contributed by atoms with Gasteiger partial charge in [0.15, 0.2) is 0 Å². The fourth-order valence-electron chi connectivity index (χ4n) is 3.37. The Morgan fingerprint density at radius 2 is 1.97 bits per heavy atom. The van der Waals surface area contributed by atoms with Gasteiger partial charge < -0.3 is 10.1 Å². The fraction of sp³-hybridized carbons (Fsp3) is 0.524. The summed E-state index contributed by atoms with van der Waals surface area (Å²) in [5.41, 5.74) is 1.78. The quantitative estimate of drug-likeness (QED) is 0.469. The van der Waals surface area contributed by atoms with Crippen LogP contribution in [-0.4, -0.2) is 32.0 Å². The molecule has 1 aliphatic heterocycles. The summed E-state index contributed by atoms with van der Waals surface area (Å²) in [5, 5.41) is 3.05. The zero-order chi connectivity index (χ0) is 21.6. The molecule has 1 unspecified atom stereocenters. The number of esters is 1. The predicted molar refractivity (Wildman–Crippen MR) is 113 cm³/mol. The third-order valence-electron chi connectivity index (χ3n) is 4.61. The normalized spacial score (nSPS) is 17.5. The first-order valence-corrected chi connectivity index (χ1v) is 11.5. The van der Waals surface area contributed by atoms with Crippen LogP contribution < -0.4 is 10.0 Å². The summed E-state index contributed by atoms with van der Waals surface area (Å²) in [6.45, 7) is 9.36. The molecule has 1 atom stereocenters. The lowest BCUT2D eigenvalue weighted by Crippen LogP contribution is -2.37. The van der Waals surface area contributed by atoms with Crippen molar-refractivity contribution in [1.82, 2.24) is 15.0 Å². The van der Waals surface area contributed by atoms with Crippen LogP contribution in [0, 0.1) is 0 Å². The molecule has 2 rings (SSSR count). The zero-order valence-corrected chi connectivity index (χ0v) is 18.6. The molecule has 0 aliphatic carbocycles. The van der Waals surface area contributed by atoms with Crippen LogP contribution in [0.1, 0.15) is 65.5 Å². The smallest absolute Gasteiger partial charge is 0.337 e.